The highest BCUT2D eigenvalue weighted by atomic mass is 16.5. The number of carbonyl (C=O) groups is 1. The van der Waals surface area contributed by atoms with E-state index in [1.54, 1.807) is 12.1 Å². The van der Waals surface area contributed by atoms with Crippen molar-refractivity contribution in [1.29, 1.82) is 0 Å². The molecule has 0 aliphatic heterocycles. The summed E-state index contributed by atoms with van der Waals surface area (Å²) in [6, 6.07) is 5.37. The summed E-state index contributed by atoms with van der Waals surface area (Å²) in [5.41, 5.74) is 1.66. The monoisotopic (exact) mass is 206 g/mol. The first kappa shape index (κ1) is 10.2. The average molecular weight is 206 g/mol. The van der Waals surface area contributed by atoms with E-state index >= 15 is 0 Å². The van der Waals surface area contributed by atoms with E-state index in [4.69, 9.17) is 0 Å². The van der Waals surface area contributed by atoms with Crippen LogP contribution in [-0.4, -0.2) is 18.2 Å². The van der Waals surface area contributed by atoms with Gasteiger partial charge in [-0.1, -0.05) is 12.1 Å². The zero-order chi connectivity index (χ0) is 11.1. The fourth-order valence-electron chi connectivity index (χ4n) is 1.70. The normalized spacial score (nSPS) is 17.3. The number of hydrogen-bond donors (Lipinski definition) is 1. The zero-order valence-electron chi connectivity index (χ0n) is 8.91. The molecule has 15 heavy (non-hydrogen) atoms. The van der Waals surface area contributed by atoms with E-state index < -0.39 is 5.60 Å². The Kier molecular flexibility index (Phi) is 2.27. The van der Waals surface area contributed by atoms with Crippen LogP contribution in [0.25, 0.3) is 0 Å². The zero-order valence-corrected chi connectivity index (χ0v) is 8.91. The molecule has 0 heterocycles. The molecule has 1 fully saturated rings. The van der Waals surface area contributed by atoms with Gasteiger partial charge < -0.3 is 9.84 Å². The molecule has 1 aliphatic carbocycles. The highest BCUT2D eigenvalue weighted by Crippen LogP contribution is 2.45. The second-order valence-electron chi connectivity index (χ2n) is 4.05. The Hall–Kier alpha value is -1.35. The van der Waals surface area contributed by atoms with E-state index in [0.29, 0.717) is 5.56 Å². The molecular formula is C12H14O3. The van der Waals surface area contributed by atoms with Gasteiger partial charge >= 0.3 is 5.97 Å². The van der Waals surface area contributed by atoms with Crippen LogP contribution in [0, 0.1) is 6.92 Å². The molecule has 80 valence electrons. The van der Waals surface area contributed by atoms with Crippen molar-refractivity contribution in [2.45, 2.75) is 25.4 Å². The minimum absolute atomic E-state index is 0.332. The molecule has 1 aromatic rings. The van der Waals surface area contributed by atoms with Crippen molar-refractivity contribution >= 4 is 5.97 Å². The summed E-state index contributed by atoms with van der Waals surface area (Å²) in [6.45, 7) is 1.85. The number of aryl methyl sites for hydroxylation is 1. The number of aliphatic hydroxyl groups is 1. The van der Waals surface area contributed by atoms with Gasteiger partial charge in [0.2, 0.25) is 0 Å². The molecule has 0 radical (unpaired) electrons. The van der Waals surface area contributed by atoms with Gasteiger partial charge in [0.15, 0.2) is 0 Å². The summed E-state index contributed by atoms with van der Waals surface area (Å²) in [7, 11) is 1.37. The van der Waals surface area contributed by atoms with Crippen molar-refractivity contribution in [2.75, 3.05) is 7.11 Å². The van der Waals surface area contributed by atoms with Crippen LogP contribution in [0.2, 0.25) is 0 Å². The van der Waals surface area contributed by atoms with Crippen LogP contribution in [0.4, 0.5) is 0 Å². The van der Waals surface area contributed by atoms with Gasteiger partial charge in [0, 0.05) is 0 Å². The third-order valence-electron chi connectivity index (χ3n) is 2.89. The number of ether oxygens (including phenoxy) is 1. The SMILES string of the molecule is COC(=O)c1ccc(C2(O)CC2)cc1C. The second-order valence-corrected chi connectivity index (χ2v) is 4.05. The summed E-state index contributed by atoms with van der Waals surface area (Å²) >= 11 is 0. The van der Waals surface area contributed by atoms with Gasteiger partial charge in [-0.3, -0.25) is 0 Å². The van der Waals surface area contributed by atoms with Crippen molar-refractivity contribution in [1.82, 2.24) is 0 Å². The molecule has 0 aromatic heterocycles. The van der Waals surface area contributed by atoms with E-state index in [1.807, 2.05) is 13.0 Å². The topological polar surface area (TPSA) is 46.5 Å². The third-order valence-corrected chi connectivity index (χ3v) is 2.89. The van der Waals surface area contributed by atoms with Crippen molar-refractivity contribution in [2.24, 2.45) is 0 Å². The molecule has 1 aliphatic rings. The summed E-state index contributed by atoms with van der Waals surface area (Å²) in [5.74, 6) is -0.332. The Morgan fingerprint density at radius 2 is 2.13 bits per heavy atom. The van der Waals surface area contributed by atoms with Crippen LogP contribution >= 0.6 is 0 Å². The number of methoxy groups -OCH3 is 1. The molecule has 0 amide bonds. The van der Waals surface area contributed by atoms with Crippen LogP contribution in [0.1, 0.15) is 34.3 Å². The minimum atomic E-state index is -0.639. The van der Waals surface area contributed by atoms with E-state index in [0.717, 1.165) is 24.0 Å². The highest BCUT2D eigenvalue weighted by Gasteiger charge is 2.42. The van der Waals surface area contributed by atoms with Crippen LogP contribution < -0.4 is 0 Å². The van der Waals surface area contributed by atoms with E-state index in [-0.39, 0.29) is 5.97 Å². The van der Waals surface area contributed by atoms with Gasteiger partial charge in [-0.15, -0.1) is 0 Å². The standard InChI is InChI=1S/C12H14O3/c1-8-7-9(12(14)5-6-12)3-4-10(8)11(13)15-2/h3-4,7,14H,5-6H2,1-2H3. The predicted octanol–water partition coefficient (Wildman–Crippen LogP) is 1.76. The van der Waals surface area contributed by atoms with Crippen molar-refractivity contribution < 1.29 is 14.6 Å². The van der Waals surface area contributed by atoms with Gasteiger partial charge in [0.1, 0.15) is 0 Å². The van der Waals surface area contributed by atoms with Crippen LogP contribution in [0.15, 0.2) is 18.2 Å². The maximum absolute atomic E-state index is 11.3. The number of hydrogen-bond acceptors (Lipinski definition) is 3. The summed E-state index contributed by atoms with van der Waals surface area (Å²) < 4.78 is 4.66. The van der Waals surface area contributed by atoms with Crippen molar-refractivity contribution in [3.8, 4) is 0 Å². The lowest BCUT2D eigenvalue weighted by Gasteiger charge is -2.10. The Morgan fingerprint density at radius 3 is 2.60 bits per heavy atom. The first-order valence-electron chi connectivity index (χ1n) is 4.99. The minimum Gasteiger partial charge on any atom is -0.465 e. The smallest absolute Gasteiger partial charge is 0.338 e. The fraction of sp³-hybridized carbons (Fsp3) is 0.417. The Balaban J connectivity index is 2.35. The second kappa shape index (κ2) is 3.35. The van der Waals surface area contributed by atoms with Gasteiger partial charge in [-0.05, 0) is 37.0 Å². The Morgan fingerprint density at radius 1 is 1.47 bits per heavy atom. The number of esters is 1. The first-order valence-corrected chi connectivity index (χ1v) is 4.99. The fourth-order valence-corrected chi connectivity index (χ4v) is 1.70. The van der Waals surface area contributed by atoms with Crippen molar-refractivity contribution in [3.63, 3.8) is 0 Å². The van der Waals surface area contributed by atoms with Gasteiger partial charge in [0.25, 0.3) is 0 Å². The Bertz CT molecular complexity index is 405. The molecule has 3 heteroatoms. The molecular weight excluding hydrogens is 192 g/mol. The molecule has 1 N–H and O–H groups in total. The van der Waals surface area contributed by atoms with Crippen LogP contribution in [0.3, 0.4) is 0 Å². The molecule has 0 unspecified atom stereocenters. The highest BCUT2D eigenvalue weighted by molar-refractivity contribution is 5.91. The molecule has 0 saturated heterocycles. The Labute approximate surface area is 88.7 Å². The van der Waals surface area contributed by atoms with Crippen LogP contribution in [-0.2, 0) is 10.3 Å². The summed E-state index contributed by atoms with van der Waals surface area (Å²) in [5, 5.41) is 9.90. The van der Waals surface area contributed by atoms with Gasteiger partial charge in [0.05, 0.1) is 18.3 Å². The molecule has 2 rings (SSSR count). The predicted molar refractivity (Wildman–Crippen MR) is 55.6 cm³/mol. The molecule has 0 spiro atoms. The quantitative estimate of drug-likeness (QED) is 0.750. The molecule has 1 saturated carbocycles. The largest absolute Gasteiger partial charge is 0.465 e. The lowest BCUT2D eigenvalue weighted by molar-refractivity contribution is 0.0599. The lowest BCUT2D eigenvalue weighted by atomic mass is 10.0. The number of rotatable bonds is 2. The molecule has 0 bridgehead atoms. The van der Waals surface area contributed by atoms with E-state index in [9.17, 15) is 9.90 Å². The van der Waals surface area contributed by atoms with Gasteiger partial charge in [-0.2, -0.15) is 0 Å². The maximum Gasteiger partial charge on any atom is 0.338 e. The van der Waals surface area contributed by atoms with Crippen molar-refractivity contribution in [3.05, 3.63) is 34.9 Å². The van der Waals surface area contributed by atoms with E-state index in [1.165, 1.54) is 7.11 Å². The third kappa shape index (κ3) is 1.75. The average Bonchev–Trinajstić information content (AvgIpc) is 2.96. The van der Waals surface area contributed by atoms with E-state index in [2.05, 4.69) is 4.74 Å². The number of carbonyl (C=O) groups excluding carboxylic acids is 1. The maximum atomic E-state index is 11.3. The lowest BCUT2D eigenvalue weighted by Crippen LogP contribution is -2.08. The van der Waals surface area contributed by atoms with Crippen LogP contribution in [0.5, 0.6) is 0 Å². The first-order chi connectivity index (χ1) is 7.07. The molecule has 1 aromatic carbocycles. The summed E-state index contributed by atoms with van der Waals surface area (Å²) in [6.07, 6.45) is 1.62. The molecule has 3 nitrogen and oxygen atoms in total. The number of benzene rings is 1. The van der Waals surface area contributed by atoms with Gasteiger partial charge in [-0.25, -0.2) is 4.79 Å². The summed E-state index contributed by atoms with van der Waals surface area (Å²) in [4.78, 5) is 11.3. The molecule has 0 atom stereocenters.